The minimum atomic E-state index is -0.675. The molecule has 13 rings (SSSR count). The van der Waals surface area contributed by atoms with Crippen LogP contribution in [-0.4, -0.2) is 4.57 Å². The molecule has 1 aromatic heterocycles. The summed E-state index contributed by atoms with van der Waals surface area (Å²) in [4.78, 5) is 0. The fourth-order valence-electron chi connectivity index (χ4n) is 12.7. The molecule has 1 aliphatic rings. The second-order valence-electron chi connectivity index (χ2n) is 24.1. The van der Waals surface area contributed by atoms with Crippen molar-refractivity contribution in [1.82, 2.24) is 4.57 Å². The monoisotopic (exact) mass is 953 g/mol. The van der Waals surface area contributed by atoms with Gasteiger partial charge in [-0.15, -0.1) is 0 Å². The summed E-state index contributed by atoms with van der Waals surface area (Å²) in [5, 5.41) is 10.1. The summed E-state index contributed by atoms with van der Waals surface area (Å²) >= 11 is 0. The van der Waals surface area contributed by atoms with E-state index in [1.807, 2.05) is 0 Å². The second-order valence-corrected chi connectivity index (χ2v) is 24.1. The molecule has 0 N–H and O–H groups in total. The number of rotatable bonds is 5. The Balaban J connectivity index is 1.19. The number of hydrogen-bond donors (Lipinski definition) is 0. The van der Waals surface area contributed by atoms with Gasteiger partial charge in [-0.1, -0.05) is 250 Å². The van der Waals surface area contributed by atoms with Gasteiger partial charge in [0.05, 0.1) is 16.4 Å². The average molecular weight is 954 g/mol. The fourth-order valence-corrected chi connectivity index (χ4v) is 12.7. The Morgan fingerprint density at radius 1 is 0.311 bits per heavy atom. The molecule has 1 heterocycles. The van der Waals surface area contributed by atoms with Gasteiger partial charge in [0.15, 0.2) is 0 Å². The summed E-state index contributed by atoms with van der Waals surface area (Å²) < 4.78 is 2.55. The molecule has 360 valence electrons. The maximum atomic E-state index is 2.55. The van der Waals surface area contributed by atoms with Gasteiger partial charge in [0.1, 0.15) is 0 Å². The second kappa shape index (κ2) is 16.5. The van der Waals surface area contributed by atoms with E-state index in [0.29, 0.717) is 0 Å². The van der Waals surface area contributed by atoms with Crippen LogP contribution in [0, 0.1) is 0 Å². The Morgan fingerprint density at radius 2 is 0.784 bits per heavy atom. The lowest BCUT2D eigenvalue weighted by molar-refractivity contribution is 0.588. The van der Waals surface area contributed by atoms with E-state index in [-0.39, 0.29) is 16.2 Å². The molecule has 0 atom stereocenters. The van der Waals surface area contributed by atoms with Crippen LogP contribution < -0.4 is 0 Å². The molecule has 0 fully saturated rings. The largest absolute Gasteiger partial charge is 0.309 e. The third kappa shape index (κ3) is 7.04. The number of aromatic nitrogens is 1. The van der Waals surface area contributed by atoms with Crippen molar-refractivity contribution in [2.24, 2.45) is 0 Å². The molecule has 12 aromatic rings. The summed E-state index contributed by atoms with van der Waals surface area (Å²) in [5.41, 5.74) is 19.5. The maximum absolute atomic E-state index is 2.55. The van der Waals surface area contributed by atoms with Crippen LogP contribution in [0.15, 0.2) is 218 Å². The van der Waals surface area contributed by atoms with Gasteiger partial charge in [-0.2, -0.15) is 0 Å². The normalized spacial score (nSPS) is 13.6. The highest BCUT2D eigenvalue weighted by atomic mass is 15.0. The molecule has 1 nitrogen and oxygen atoms in total. The molecule has 74 heavy (non-hydrogen) atoms. The molecule has 1 aliphatic carbocycles. The summed E-state index contributed by atoms with van der Waals surface area (Å²) in [6.07, 6.45) is 0. The highest BCUT2D eigenvalue weighted by molar-refractivity contribution is 6.26. The third-order valence-electron chi connectivity index (χ3n) is 16.6. The molecule has 0 unspecified atom stereocenters. The van der Waals surface area contributed by atoms with Crippen LogP contribution in [0.2, 0.25) is 0 Å². The topological polar surface area (TPSA) is 4.93 Å². The van der Waals surface area contributed by atoms with Crippen LogP contribution in [0.1, 0.15) is 101 Å². The van der Waals surface area contributed by atoms with Crippen LogP contribution >= 0.6 is 0 Å². The first kappa shape index (κ1) is 45.8. The van der Waals surface area contributed by atoms with E-state index >= 15 is 0 Å². The first-order valence-electron chi connectivity index (χ1n) is 26.6. The summed E-state index contributed by atoms with van der Waals surface area (Å²) in [6.45, 7) is 20.8. The molecule has 0 saturated heterocycles. The predicted octanol–water partition coefficient (Wildman–Crippen LogP) is 19.8. The summed E-state index contributed by atoms with van der Waals surface area (Å²) in [5.74, 6) is 0. The van der Waals surface area contributed by atoms with Crippen LogP contribution in [0.3, 0.4) is 0 Å². The summed E-state index contributed by atoms with van der Waals surface area (Å²) in [6, 6.07) is 84.1. The lowest BCUT2D eigenvalue weighted by Crippen LogP contribution is -2.34. The molecular formula is C73H63N. The van der Waals surface area contributed by atoms with Gasteiger partial charge in [0, 0.05) is 16.5 Å². The van der Waals surface area contributed by atoms with Crippen molar-refractivity contribution in [3.63, 3.8) is 0 Å². The first-order valence-corrected chi connectivity index (χ1v) is 26.6. The van der Waals surface area contributed by atoms with Crippen molar-refractivity contribution in [3.8, 4) is 39.1 Å². The molecule has 0 spiro atoms. The van der Waals surface area contributed by atoms with Crippen LogP contribution in [0.4, 0.5) is 0 Å². The van der Waals surface area contributed by atoms with E-state index in [4.69, 9.17) is 0 Å². The van der Waals surface area contributed by atoms with Gasteiger partial charge in [-0.05, 0) is 151 Å². The minimum absolute atomic E-state index is 0.000962. The van der Waals surface area contributed by atoms with Gasteiger partial charge in [0.25, 0.3) is 0 Å². The van der Waals surface area contributed by atoms with Gasteiger partial charge >= 0.3 is 0 Å². The third-order valence-corrected chi connectivity index (χ3v) is 16.6. The van der Waals surface area contributed by atoms with E-state index in [9.17, 15) is 0 Å². The Bertz CT molecular complexity index is 4130. The van der Waals surface area contributed by atoms with Gasteiger partial charge in [-0.3, -0.25) is 0 Å². The van der Waals surface area contributed by atoms with E-state index in [1.165, 1.54) is 126 Å². The molecule has 0 aliphatic heterocycles. The molecule has 0 bridgehead atoms. The zero-order valence-electron chi connectivity index (χ0n) is 44.2. The Morgan fingerprint density at radius 3 is 1.34 bits per heavy atom. The number of nitrogens with zero attached hydrogens (tertiary/aromatic N) is 1. The van der Waals surface area contributed by atoms with Crippen LogP contribution in [0.25, 0.3) is 93.2 Å². The SMILES string of the molecule is CC(C)(C)c1ccc(-n2c3cc(-c4cccc5ccccc45)ccc3c3c4cccc5c4c(cc32)-c2ccc(-c3cccc4ccccc34)cc2C5(c2ccc(C(C)(C)C)cc2)c2ccc(C(C)(C)C)cc2)cc1. The highest BCUT2D eigenvalue weighted by Crippen LogP contribution is 2.58. The van der Waals surface area contributed by atoms with Crippen molar-refractivity contribution < 1.29 is 0 Å². The number of benzene rings is 11. The van der Waals surface area contributed by atoms with Crippen molar-refractivity contribution in [2.45, 2.75) is 84.0 Å². The van der Waals surface area contributed by atoms with Crippen molar-refractivity contribution in [3.05, 3.63) is 257 Å². The van der Waals surface area contributed by atoms with Crippen molar-refractivity contribution >= 4 is 54.1 Å². The van der Waals surface area contributed by atoms with E-state index in [2.05, 4.69) is 285 Å². The lowest BCUT2D eigenvalue weighted by Gasteiger charge is -2.43. The molecule has 0 saturated carbocycles. The predicted molar refractivity (Wildman–Crippen MR) is 318 cm³/mol. The maximum Gasteiger partial charge on any atom is 0.0714 e. The average Bonchev–Trinajstić information content (AvgIpc) is 3.75. The quantitative estimate of drug-likeness (QED) is 0.162. The van der Waals surface area contributed by atoms with E-state index < -0.39 is 5.41 Å². The molecular weight excluding hydrogens is 891 g/mol. The van der Waals surface area contributed by atoms with Gasteiger partial charge < -0.3 is 4.57 Å². The fraction of sp³-hybridized carbons (Fsp3) is 0.178. The molecule has 1 heteroatoms. The number of fused-ring (bicyclic) bond motifs is 8. The Labute approximate surface area is 436 Å². The minimum Gasteiger partial charge on any atom is -0.309 e. The highest BCUT2D eigenvalue weighted by Gasteiger charge is 2.45. The molecule has 0 radical (unpaired) electrons. The van der Waals surface area contributed by atoms with Crippen molar-refractivity contribution in [1.29, 1.82) is 0 Å². The van der Waals surface area contributed by atoms with Crippen LogP contribution in [0.5, 0.6) is 0 Å². The molecule has 0 amide bonds. The van der Waals surface area contributed by atoms with Gasteiger partial charge in [-0.25, -0.2) is 0 Å². The first-order chi connectivity index (χ1) is 35.6. The summed E-state index contributed by atoms with van der Waals surface area (Å²) in [7, 11) is 0. The molecule has 11 aromatic carbocycles. The van der Waals surface area contributed by atoms with Crippen molar-refractivity contribution in [2.75, 3.05) is 0 Å². The standard InChI is InChI=1S/C73H63N/c1-70(2,3)50-29-33-53(34-30-50)73(54-35-31-51(32-36-54)71(4,5)6)64-26-16-25-62-68(64)63(60-41-27-48(43-65(60)73)58-23-14-19-46-17-10-12-21-56(46)58)45-67-69(62)61-42-28-49(59-24-15-20-47-18-11-13-22-57(47)59)44-66(61)74(67)55-39-37-52(38-40-55)72(7,8)9/h10-45H,1-9H3. The van der Waals surface area contributed by atoms with E-state index in [0.717, 1.165) is 5.69 Å². The van der Waals surface area contributed by atoms with Gasteiger partial charge in [0.2, 0.25) is 0 Å². The number of hydrogen-bond acceptors (Lipinski definition) is 0. The zero-order chi connectivity index (χ0) is 50.9. The Hall–Kier alpha value is -8.00. The Kier molecular flexibility index (Phi) is 10.2. The van der Waals surface area contributed by atoms with Crippen LogP contribution in [-0.2, 0) is 21.7 Å². The zero-order valence-corrected chi connectivity index (χ0v) is 44.2. The van der Waals surface area contributed by atoms with E-state index in [1.54, 1.807) is 0 Å². The smallest absolute Gasteiger partial charge is 0.0714 e. The lowest BCUT2D eigenvalue weighted by atomic mass is 9.59.